The van der Waals surface area contributed by atoms with Gasteiger partial charge in [0.25, 0.3) is 0 Å². The molecule has 0 atom stereocenters. The van der Waals surface area contributed by atoms with E-state index < -0.39 is 0 Å². The molecule has 4 heteroatoms. The van der Waals surface area contributed by atoms with E-state index >= 15 is 0 Å². The van der Waals surface area contributed by atoms with Gasteiger partial charge in [-0.2, -0.15) is 0 Å². The number of hydrogen-bond donors (Lipinski definition) is 1. The van der Waals surface area contributed by atoms with Crippen LogP contribution in [0.3, 0.4) is 0 Å². The van der Waals surface area contributed by atoms with Crippen molar-refractivity contribution in [2.45, 2.75) is 19.8 Å². The van der Waals surface area contributed by atoms with E-state index in [1.807, 2.05) is 31.2 Å². The van der Waals surface area contributed by atoms with E-state index in [1.165, 1.54) is 5.57 Å². The summed E-state index contributed by atoms with van der Waals surface area (Å²) in [5.74, 6) is -0.264. The van der Waals surface area contributed by atoms with Crippen LogP contribution in [0, 0.1) is 0 Å². The fraction of sp³-hybridized carbons (Fsp3) is 0.400. The van der Waals surface area contributed by atoms with Gasteiger partial charge in [0, 0.05) is 4.48 Å². The predicted molar refractivity (Wildman–Crippen MR) is 80.3 cm³/mol. The quantitative estimate of drug-likeness (QED) is 0.867. The molecule has 0 saturated carbocycles. The minimum atomic E-state index is -0.264. The van der Waals surface area contributed by atoms with Crippen LogP contribution < -0.4 is 5.32 Å². The molecule has 102 valence electrons. The zero-order valence-corrected chi connectivity index (χ0v) is 12.6. The minimum Gasteiger partial charge on any atom is -0.462 e. The maximum Gasteiger partial charge on any atom is 0.338 e. The molecule has 1 aliphatic heterocycles. The molecule has 1 aromatic rings. The predicted octanol–water partition coefficient (Wildman–Crippen LogP) is 3.35. The third-order valence-corrected chi connectivity index (χ3v) is 4.19. The van der Waals surface area contributed by atoms with Crippen molar-refractivity contribution < 1.29 is 9.53 Å². The van der Waals surface area contributed by atoms with Gasteiger partial charge in [0.1, 0.15) is 0 Å². The Morgan fingerprint density at radius 2 is 1.79 bits per heavy atom. The monoisotopic (exact) mass is 323 g/mol. The van der Waals surface area contributed by atoms with Crippen molar-refractivity contribution in [3.63, 3.8) is 0 Å². The van der Waals surface area contributed by atoms with Gasteiger partial charge in [-0.1, -0.05) is 33.6 Å². The Morgan fingerprint density at radius 3 is 2.37 bits per heavy atom. The lowest BCUT2D eigenvalue weighted by Crippen LogP contribution is -2.23. The van der Waals surface area contributed by atoms with Crippen molar-refractivity contribution in [3.05, 3.63) is 41.0 Å². The zero-order chi connectivity index (χ0) is 13.7. The molecule has 1 saturated heterocycles. The van der Waals surface area contributed by atoms with Gasteiger partial charge in [0.2, 0.25) is 0 Å². The van der Waals surface area contributed by atoms with Gasteiger partial charge >= 0.3 is 5.97 Å². The van der Waals surface area contributed by atoms with Crippen molar-refractivity contribution in [1.29, 1.82) is 0 Å². The summed E-state index contributed by atoms with van der Waals surface area (Å²) >= 11 is 3.68. The van der Waals surface area contributed by atoms with Crippen LogP contribution in [-0.2, 0) is 4.74 Å². The van der Waals surface area contributed by atoms with Crippen LogP contribution in [0.4, 0.5) is 0 Å². The number of piperidine rings is 1. The number of rotatable bonds is 3. The highest BCUT2D eigenvalue weighted by Gasteiger charge is 2.11. The number of benzene rings is 1. The van der Waals surface area contributed by atoms with E-state index in [4.69, 9.17) is 4.74 Å². The fourth-order valence-corrected chi connectivity index (χ4v) is 2.78. The molecule has 1 aliphatic rings. The molecular weight excluding hydrogens is 306 g/mol. The molecule has 0 radical (unpaired) electrons. The van der Waals surface area contributed by atoms with Gasteiger partial charge < -0.3 is 10.1 Å². The maximum absolute atomic E-state index is 11.6. The van der Waals surface area contributed by atoms with E-state index in [9.17, 15) is 4.79 Å². The van der Waals surface area contributed by atoms with Gasteiger partial charge in [0.05, 0.1) is 12.2 Å². The highest BCUT2D eigenvalue weighted by molar-refractivity contribution is 9.15. The van der Waals surface area contributed by atoms with Gasteiger partial charge in [-0.25, -0.2) is 4.79 Å². The molecule has 19 heavy (non-hydrogen) atoms. The number of nitrogens with one attached hydrogen (secondary N) is 1. The molecule has 0 amide bonds. The van der Waals surface area contributed by atoms with Crippen LogP contribution in [0.1, 0.15) is 35.7 Å². The van der Waals surface area contributed by atoms with Crippen LogP contribution in [0.2, 0.25) is 0 Å². The number of carbonyl (C=O) groups is 1. The first kappa shape index (κ1) is 14.3. The minimum absolute atomic E-state index is 0.264. The average molecular weight is 324 g/mol. The Bertz CT molecular complexity index is 471. The molecule has 0 unspecified atom stereocenters. The van der Waals surface area contributed by atoms with E-state index in [0.717, 1.165) is 36.0 Å². The molecule has 1 N–H and O–H groups in total. The smallest absolute Gasteiger partial charge is 0.338 e. The molecule has 0 bridgehead atoms. The van der Waals surface area contributed by atoms with Gasteiger partial charge in [-0.15, -0.1) is 0 Å². The summed E-state index contributed by atoms with van der Waals surface area (Å²) in [6, 6.07) is 7.56. The number of halogens is 1. The van der Waals surface area contributed by atoms with Crippen molar-refractivity contribution in [1.82, 2.24) is 5.32 Å². The van der Waals surface area contributed by atoms with Crippen molar-refractivity contribution in [2.75, 3.05) is 19.7 Å². The van der Waals surface area contributed by atoms with Crippen LogP contribution >= 0.6 is 15.9 Å². The van der Waals surface area contributed by atoms with E-state index in [1.54, 1.807) is 0 Å². The molecule has 3 nitrogen and oxygen atoms in total. The topological polar surface area (TPSA) is 38.3 Å². The molecular formula is C15H18BrNO2. The first-order chi connectivity index (χ1) is 9.22. The second-order valence-corrected chi connectivity index (χ2v) is 5.26. The Balaban J connectivity index is 2.15. The molecule has 1 fully saturated rings. The molecule has 1 heterocycles. The largest absolute Gasteiger partial charge is 0.462 e. The third kappa shape index (κ3) is 3.67. The third-order valence-electron chi connectivity index (χ3n) is 3.17. The number of hydrogen-bond acceptors (Lipinski definition) is 3. The highest BCUT2D eigenvalue weighted by atomic mass is 79.9. The summed E-state index contributed by atoms with van der Waals surface area (Å²) in [4.78, 5) is 11.6. The van der Waals surface area contributed by atoms with Crippen molar-refractivity contribution >= 4 is 26.4 Å². The second kappa shape index (κ2) is 6.87. The van der Waals surface area contributed by atoms with Gasteiger partial charge in [-0.05, 0) is 50.6 Å². The Labute approximate surface area is 122 Å². The first-order valence-electron chi connectivity index (χ1n) is 6.58. The lowest BCUT2D eigenvalue weighted by Gasteiger charge is -2.17. The van der Waals surface area contributed by atoms with Crippen LogP contribution in [0.25, 0.3) is 4.48 Å². The summed E-state index contributed by atoms with van der Waals surface area (Å²) in [5, 5.41) is 3.34. The number of ether oxygens (including phenoxy) is 1. The summed E-state index contributed by atoms with van der Waals surface area (Å²) in [6.45, 7) is 4.28. The summed E-state index contributed by atoms with van der Waals surface area (Å²) in [7, 11) is 0. The molecule has 0 aliphatic carbocycles. The van der Waals surface area contributed by atoms with Crippen LogP contribution in [-0.4, -0.2) is 25.7 Å². The normalized spacial score (nSPS) is 15.2. The number of carbonyl (C=O) groups excluding carboxylic acids is 1. The first-order valence-corrected chi connectivity index (χ1v) is 7.37. The average Bonchev–Trinajstić information content (AvgIpc) is 2.48. The lowest BCUT2D eigenvalue weighted by atomic mass is 10.0. The zero-order valence-electron chi connectivity index (χ0n) is 11.0. The van der Waals surface area contributed by atoms with E-state index in [0.29, 0.717) is 12.2 Å². The second-order valence-electron chi connectivity index (χ2n) is 4.47. The van der Waals surface area contributed by atoms with Gasteiger partial charge in [0.15, 0.2) is 0 Å². The Hall–Kier alpha value is -1.13. The molecule has 1 aromatic carbocycles. The van der Waals surface area contributed by atoms with Crippen LogP contribution in [0.15, 0.2) is 29.8 Å². The highest BCUT2D eigenvalue weighted by Crippen LogP contribution is 2.29. The van der Waals surface area contributed by atoms with Crippen molar-refractivity contribution in [3.8, 4) is 0 Å². The fourth-order valence-electron chi connectivity index (χ4n) is 2.12. The Kier molecular flexibility index (Phi) is 5.16. The molecule has 0 aromatic heterocycles. The molecule has 2 rings (SSSR count). The standard InChI is InChI=1S/C15H18BrNO2/c1-2-19-15(18)13-5-3-11(4-6-13)14(16)12-7-9-17-10-8-12/h3-6,17H,2,7-10H2,1H3. The SMILES string of the molecule is CCOC(=O)c1ccc(C(Br)=C2CCNCC2)cc1. The van der Waals surface area contributed by atoms with Crippen molar-refractivity contribution in [2.24, 2.45) is 0 Å². The number of esters is 1. The summed E-state index contributed by atoms with van der Waals surface area (Å²) < 4.78 is 6.13. The molecule has 0 spiro atoms. The maximum atomic E-state index is 11.6. The summed E-state index contributed by atoms with van der Waals surface area (Å²) in [5.41, 5.74) is 3.15. The van der Waals surface area contributed by atoms with Gasteiger partial charge in [-0.3, -0.25) is 0 Å². The van der Waals surface area contributed by atoms with E-state index in [-0.39, 0.29) is 5.97 Å². The Morgan fingerprint density at radius 1 is 1.21 bits per heavy atom. The van der Waals surface area contributed by atoms with Crippen LogP contribution in [0.5, 0.6) is 0 Å². The lowest BCUT2D eigenvalue weighted by molar-refractivity contribution is 0.0526. The van der Waals surface area contributed by atoms with E-state index in [2.05, 4.69) is 21.2 Å². The summed E-state index contributed by atoms with van der Waals surface area (Å²) in [6.07, 6.45) is 2.14.